The summed E-state index contributed by atoms with van der Waals surface area (Å²) in [6, 6.07) is 3.98. The molecule has 0 aliphatic carbocycles. The normalized spacial score (nSPS) is 10.7. The summed E-state index contributed by atoms with van der Waals surface area (Å²) in [5.41, 5.74) is 2.20. The van der Waals surface area contributed by atoms with E-state index in [2.05, 4.69) is 19.0 Å². The van der Waals surface area contributed by atoms with Crippen molar-refractivity contribution in [3.8, 4) is 11.5 Å². The van der Waals surface area contributed by atoms with E-state index >= 15 is 0 Å². The number of benzene rings is 1. The molecule has 30 heavy (non-hydrogen) atoms. The summed E-state index contributed by atoms with van der Waals surface area (Å²) in [7, 11) is 0. The van der Waals surface area contributed by atoms with Crippen LogP contribution in [0.5, 0.6) is 11.5 Å². The van der Waals surface area contributed by atoms with Crippen LogP contribution in [-0.4, -0.2) is 39.2 Å². The Morgan fingerprint density at radius 1 is 0.867 bits per heavy atom. The van der Waals surface area contributed by atoms with Crippen molar-refractivity contribution >= 4 is 52.6 Å². The minimum atomic E-state index is 0.148. The van der Waals surface area contributed by atoms with Crippen LogP contribution < -0.4 is 9.47 Å². The predicted octanol–water partition coefficient (Wildman–Crippen LogP) is 6.62. The van der Waals surface area contributed by atoms with E-state index in [4.69, 9.17) is 65.5 Å². The molecule has 0 saturated carbocycles. The fourth-order valence-corrected chi connectivity index (χ4v) is 2.67. The number of hydrogen-bond donors (Lipinski definition) is 0. The van der Waals surface area contributed by atoms with Crippen LogP contribution in [0.3, 0.4) is 0 Å². The Morgan fingerprint density at radius 2 is 1.50 bits per heavy atom. The fraction of sp³-hybridized carbons (Fsp3) is 0.476. The van der Waals surface area contributed by atoms with Gasteiger partial charge in [-0.2, -0.15) is 0 Å². The van der Waals surface area contributed by atoms with Crippen molar-refractivity contribution in [3.05, 3.63) is 44.4 Å². The quantitative estimate of drug-likeness (QED) is 0.155. The summed E-state index contributed by atoms with van der Waals surface area (Å²) in [5.74, 6) is 1.69. The van der Waals surface area contributed by atoms with Gasteiger partial charge >= 0.3 is 0 Å². The minimum absolute atomic E-state index is 0.148. The van der Waals surface area contributed by atoms with E-state index in [9.17, 15) is 0 Å². The largest absolute Gasteiger partial charge is 0.493 e. The monoisotopic (exact) mass is 497 g/mol. The highest BCUT2D eigenvalue weighted by Crippen LogP contribution is 2.31. The maximum absolute atomic E-state index is 6.05. The van der Waals surface area contributed by atoms with Crippen molar-refractivity contribution in [3.63, 3.8) is 0 Å². The first-order chi connectivity index (χ1) is 14.5. The molecule has 0 radical (unpaired) electrons. The highest BCUT2D eigenvalue weighted by atomic mass is 35.5. The molecule has 0 spiro atoms. The lowest BCUT2D eigenvalue weighted by Crippen LogP contribution is -2.08. The fourth-order valence-electron chi connectivity index (χ4n) is 2.41. The Kier molecular flexibility index (Phi) is 14.9. The molecule has 1 rings (SSSR count). The zero-order valence-electron chi connectivity index (χ0n) is 17.1. The van der Waals surface area contributed by atoms with Crippen molar-refractivity contribution in [2.45, 2.75) is 33.1 Å². The molecule has 168 valence electrons. The standard InChI is InChI=1S/C21H27Cl4NO4/c1-3-16-14-18(28-11-6-19(22)23)15-17(4-2)21(16)29-10-5-9-27-13-8-26-30-12-7-20(24)25/h6-8,14-15H,3-5,9-13H2,1-2H3/b26-8+. The molecule has 0 saturated heterocycles. The Labute approximate surface area is 198 Å². The minimum Gasteiger partial charge on any atom is -0.493 e. The van der Waals surface area contributed by atoms with Gasteiger partial charge in [-0.25, -0.2) is 0 Å². The number of oxime groups is 1. The summed E-state index contributed by atoms with van der Waals surface area (Å²) in [4.78, 5) is 4.92. The van der Waals surface area contributed by atoms with E-state index in [0.717, 1.165) is 41.9 Å². The van der Waals surface area contributed by atoms with E-state index < -0.39 is 0 Å². The molecular formula is C21H27Cl4NO4. The number of ether oxygens (including phenoxy) is 3. The van der Waals surface area contributed by atoms with E-state index in [-0.39, 0.29) is 15.6 Å². The van der Waals surface area contributed by atoms with Crippen molar-refractivity contribution < 1.29 is 19.0 Å². The van der Waals surface area contributed by atoms with Crippen LogP contribution in [0.1, 0.15) is 31.4 Å². The van der Waals surface area contributed by atoms with Gasteiger partial charge in [-0.15, -0.1) is 0 Å². The van der Waals surface area contributed by atoms with Crippen LogP contribution in [0.2, 0.25) is 0 Å². The van der Waals surface area contributed by atoms with Gasteiger partial charge in [0.15, 0.2) is 0 Å². The Balaban J connectivity index is 2.42. The van der Waals surface area contributed by atoms with Crippen LogP contribution in [0.4, 0.5) is 0 Å². The molecule has 0 aliphatic rings. The van der Waals surface area contributed by atoms with E-state index in [1.165, 1.54) is 12.3 Å². The van der Waals surface area contributed by atoms with Gasteiger partial charge in [0.25, 0.3) is 0 Å². The van der Waals surface area contributed by atoms with Crippen molar-refractivity contribution in [2.24, 2.45) is 5.16 Å². The van der Waals surface area contributed by atoms with Gasteiger partial charge in [0.2, 0.25) is 0 Å². The van der Waals surface area contributed by atoms with Crippen LogP contribution in [0.15, 0.2) is 38.4 Å². The maximum atomic E-state index is 6.05. The molecule has 0 aromatic heterocycles. The lowest BCUT2D eigenvalue weighted by Gasteiger charge is -2.17. The zero-order chi connectivity index (χ0) is 22.2. The van der Waals surface area contributed by atoms with Gasteiger partial charge in [0, 0.05) is 6.42 Å². The molecule has 9 heteroatoms. The van der Waals surface area contributed by atoms with E-state index in [1.54, 1.807) is 6.08 Å². The molecule has 0 amide bonds. The molecule has 5 nitrogen and oxygen atoms in total. The highest BCUT2D eigenvalue weighted by Gasteiger charge is 2.11. The topological polar surface area (TPSA) is 49.3 Å². The summed E-state index contributed by atoms with van der Waals surface area (Å²) in [6.45, 7) is 6.16. The SMILES string of the molecule is CCc1cc(OCC=C(Cl)Cl)cc(CC)c1OCCCOC/C=N/OCC=C(Cl)Cl. The molecule has 1 aromatic carbocycles. The second-order valence-corrected chi connectivity index (χ2v) is 7.95. The molecule has 0 N–H and O–H groups in total. The average Bonchev–Trinajstić information content (AvgIpc) is 2.71. The van der Waals surface area contributed by atoms with E-state index in [1.807, 2.05) is 12.1 Å². The Hall–Kier alpha value is -1.11. The molecule has 1 aromatic rings. The third kappa shape index (κ3) is 11.9. The number of rotatable bonds is 15. The van der Waals surface area contributed by atoms with Crippen LogP contribution in [0, 0.1) is 0 Å². The molecule has 0 aliphatic heterocycles. The maximum Gasteiger partial charge on any atom is 0.138 e. The van der Waals surface area contributed by atoms with Crippen LogP contribution >= 0.6 is 46.4 Å². The smallest absolute Gasteiger partial charge is 0.138 e. The third-order valence-electron chi connectivity index (χ3n) is 3.80. The summed E-state index contributed by atoms with van der Waals surface area (Å²) < 4.78 is 17.6. The summed E-state index contributed by atoms with van der Waals surface area (Å²) in [6.07, 6.45) is 7.06. The summed E-state index contributed by atoms with van der Waals surface area (Å²) in [5, 5.41) is 3.72. The Bertz CT molecular complexity index is 690. The lowest BCUT2D eigenvalue weighted by molar-refractivity contribution is 0.143. The first-order valence-corrected chi connectivity index (χ1v) is 11.1. The zero-order valence-corrected chi connectivity index (χ0v) is 20.2. The Morgan fingerprint density at radius 3 is 2.10 bits per heavy atom. The molecule has 0 heterocycles. The van der Waals surface area contributed by atoms with E-state index in [0.29, 0.717) is 26.4 Å². The molecule has 0 fully saturated rings. The summed E-state index contributed by atoms with van der Waals surface area (Å²) >= 11 is 22.1. The van der Waals surface area contributed by atoms with Gasteiger partial charge in [-0.3, -0.25) is 0 Å². The molecular weight excluding hydrogens is 472 g/mol. The second-order valence-electron chi connectivity index (χ2n) is 5.94. The van der Waals surface area contributed by atoms with Crippen molar-refractivity contribution in [2.75, 3.05) is 33.0 Å². The number of aryl methyl sites for hydroxylation is 2. The average molecular weight is 499 g/mol. The second kappa shape index (κ2) is 16.6. The third-order valence-corrected chi connectivity index (χ3v) is 4.42. The van der Waals surface area contributed by atoms with Gasteiger partial charge in [0.05, 0.1) is 26.0 Å². The number of nitrogens with zero attached hydrogens (tertiary/aromatic N) is 1. The van der Waals surface area contributed by atoms with Crippen LogP contribution in [0.25, 0.3) is 0 Å². The van der Waals surface area contributed by atoms with Gasteiger partial charge in [-0.05, 0) is 48.3 Å². The lowest BCUT2D eigenvalue weighted by atomic mass is 10.0. The first-order valence-electron chi connectivity index (χ1n) is 9.63. The predicted molar refractivity (Wildman–Crippen MR) is 126 cm³/mol. The molecule has 0 bridgehead atoms. The van der Waals surface area contributed by atoms with Crippen LogP contribution in [-0.2, 0) is 22.4 Å². The van der Waals surface area contributed by atoms with Crippen molar-refractivity contribution in [1.29, 1.82) is 0 Å². The molecule has 0 atom stereocenters. The first kappa shape index (κ1) is 26.9. The highest BCUT2D eigenvalue weighted by molar-refractivity contribution is 6.56. The van der Waals surface area contributed by atoms with Crippen molar-refractivity contribution in [1.82, 2.24) is 0 Å². The molecule has 0 unspecified atom stereocenters. The van der Waals surface area contributed by atoms with Gasteiger partial charge in [0.1, 0.15) is 33.7 Å². The number of hydrogen-bond acceptors (Lipinski definition) is 5. The van der Waals surface area contributed by atoms with Gasteiger partial charge in [-0.1, -0.05) is 65.4 Å². The van der Waals surface area contributed by atoms with Gasteiger partial charge < -0.3 is 19.0 Å². The number of halogens is 4.